The van der Waals surface area contributed by atoms with Crippen molar-refractivity contribution in [3.63, 3.8) is 0 Å². The number of fused-ring (bicyclic) bond motifs is 1. The molecule has 0 aromatic heterocycles. The molecule has 2 aliphatic rings. The molecule has 0 saturated carbocycles. The van der Waals surface area contributed by atoms with Crippen LogP contribution in [0.25, 0.3) is 0 Å². The zero-order valence-electron chi connectivity index (χ0n) is 6.40. The average molecular weight is 164 g/mol. The molecule has 2 aliphatic heterocycles. The van der Waals surface area contributed by atoms with E-state index in [2.05, 4.69) is 9.98 Å². The van der Waals surface area contributed by atoms with Crippen LogP contribution in [0.5, 0.6) is 0 Å². The monoisotopic (exact) mass is 164 g/mol. The van der Waals surface area contributed by atoms with Gasteiger partial charge in [0.15, 0.2) is 0 Å². The van der Waals surface area contributed by atoms with Gasteiger partial charge in [0.2, 0.25) is 0 Å². The number of nitrogens with two attached hydrogens (primary N) is 1. The van der Waals surface area contributed by atoms with Crippen LogP contribution in [0, 0.1) is 0 Å². The second-order valence-electron chi connectivity index (χ2n) is 2.62. The first kappa shape index (κ1) is 7.02. The van der Waals surface area contributed by atoms with Gasteiger partial charge in [-0.2, -0.15) is 0 Å². The summed E-state index contributed by atoms with van der Waals surface area (Å²) < 4.78 is 0. The summed E-state index contributed by atoms with van der Waals surface area (Å²) in [6.07, 6.45) is 3.86. The van der Waals surface area contributed by atoms with Crippen molar-refractivity contribution < 1.29 is 4.79 Å². The fraction of sp³-hybridized carbons (Fsp3) is 0.286. The van der Waals surface area contributed by atoms with E-state index in [9.17, 15) is 4.79 Å². The van der Waals surface area contributed by atoms with Gasteiger partial charge in [-0.1, -0.05) is 0 Å². The number of hydrogen-bond acceptors (Lipinski definition) is 3. The molecule has 62 valence electrons. The van der Waals surface area contributed by atoms with Crippen LogP contribution >= 0.6 is 0 Å². The highest BCUT2D eigenvalue weighted by molar-refractivity contribution is 6.08. The second-order valence-corrected chi connectivity index (χ2v) is 2.62. The highest BCUT2D eigenvalue weighted by atomic mass is 16.2. The molecular weight excluding hydrogens is 156 g/mol. The van der Waals surface area contributed by atoms with Crippen LogP contribution < -0.4 is 5.73 Å². The van der Waals surface area contributed by atoms with Crippen molar-refractivity contribution in [3.05, 3.63) is 11.9 Å². The fourth-order valence-electron chi connectivity index (χ4n) is 1.21. The Kier molecular flexibility index (Phi) is 1.43. The maximum absolute atomic E-state index is 10.8. The Bertz CT molecular complexity index is 315. The SMILES string of the molecule is NC(=O)N1C=C2N=CN=C2CC1. The summed E-state index contributed by atoms with van der Waals surface area (Å²) in [4.78, 5) is 20.2. The molecule has 0 aliphatic carbocycles. The summed E-state index contributed by atoms with van der Waals surface area (Å²) in [5.74, 6) is 0. The number of carbonyl (C=O) groups is 1. The van der Waals surface area contributed by atoms with Gasteiger partial charge in [-0.25, -0.2) is 14.8 Å². The normalized spacial score (nSPS) is 20.2. The van der Waals surface area contributed by atoms with Crippen molar-refractivity contribution in [2.45, 2.75) is 6.42 Å². The molecule has 0 aromatic carbocycles. The Morgan fingerprint density at radius 3 is 3.25 bits per heavy atom. The van der Waals surface area contributed by atoms with E-state index in [-0.39, 0.29) is 0 Å². The van der Waals surface area contributed by atoms with E-state index in [1.54, 1.807) is 6.20 Å². The third-order valence-electron chi connectivity index (χ3n) is 1.86. The number of carbonyl (C=O) groups excluding carboxylic acids is 1. The Morgan fingerprint density at radius 1 is 1.67 bits per heavy atom. The molecule has 0 unspecified atom stereocenters. The van der Waals surface area contributed by atoms with E-state index in [0.717, 1.165) is 17.8 Å². The van der Waals surface area contributed by atoms with Crippen molar-refractivity contribution in [1.82, 2.24) is 4.90 Å². The molecule has 0 radical (unpaired) electrons. The van der Waals surface area contributed by atoms with Crippen molar-refractivity contribution >= 4 is 18.1 Å². The van der Waals surface area contributed by atoms with Gasteiger partial charge in [-0.15, -0.1) is 0 Å². The van der Waals surface area contributed by atoms with Gasteiger partial charge in [0, 0.05) is 19.2 Å². The first-order valence-electron chi connectivity index (χ1n) is 3.65. The fourth-order valence-corrected chi connectivity index (χ4v) is 1.21. The standard InChI is InChI=1S/C7H8N4O/c8-7(12)11-2-1-5-6(3-11)10-4-9-5/h3-4H,1-2H2,(H2,8,12). The molecule has 0 atom stereocenters. The third kappa shape index (κ3) is 0.990. The number of rotatable bonds is 0. The zero-order valence-corrected chi connectivity index (χ0v) is 6.40. The number of hydrogen-bond donors (Lipinski definition) is 1. The summed E-state index contributed by atoms with van der Waals surface area (Å²) in [6, 6.07) is -0.441. The molecule has 12 heavy (non-hydrogen) atoms. The molecule has 2 N–H and O–H groups in total. The lowest BCUT2D eigenvalue weighted by molar-refractivity contribution is 0.225. The van der Waals surface area contributed by atoms with Crippen LogP contribution in [-0.2, 0) is 0 Å². The minimum Gasteiger partial charge on any atom is -0.351 e. The quantitative estimate of drug-likeness (QED) is 0.541. The number of amides is 2. The maximum Gasteiger partial charge on any atom is 0.318 e. The zero-order chi connectivity index (χ0) is 8.55. The summed E-state index contributed by atoms with van der Waals surface area (Å²) >= 11 is 0. The van der Waals surface area contributed by atoms with Crippen molar-refractivity contribution in [3.8, 4) is 0 Å². The van der Waals surface area contributed by atoms with Crippen molar-refractivity contribution in [2.75, 3.05) is 6.54 Å². The summed E-state index contributed by atoms with van der Waals surface area (Å²) in [6.45, 7) is 0.598. The molecule has 5 heteroatoms. The van der Waals surface area contributed by atoms with E-state index in [1.165, 1.54) is 11.2 Å². The molecule has 5 nitrogen and oxygen atoms in total. The van der Waals surface area contributed by atoms with E-state index in [0.29, 0.717) is 6.54 Å². The lowest BCUT2D eigenvalue weighted by atomic mass is 10.1. The third-order valence-corrected chi connectivity index (χ3v) is 1.86. The molecule has 2 rings (SSSR count). The van der Waals surface area contributed by atoms with Crippen molar-refractivity contribution in [1.29, 1.82) is 0 Å². The van der Waals surface area contributed by atoms with Gasteiger partial charge in [0.05, 0.1) is 5.71 Å². The van der Waals surface area contributed by atoms with Crippen molar-refractivity contribution in [2.24, 2.45) is 15.7 Å². The van der Waals surface area contributed by atoms with Crippen LogP contribution in [0.4, 0.5) is 4.79 Å². The molecule has 0 saturated heterocycles. The molecule has 2 amide bonds. The topological polar surface area (TPSA) is 71.1 Å². The predicted octanol–water partition coefficient (Wildman–Crippen LogP) is 0.0951. The molecular formula is C7H8N4O. The number of primary amides is 1. The van der Waals surface area contributed by atoms with Crippen LogP contribution in [0.3, 0.4) is 0 Å². The maximum atomic E-state index is 10.8. The van der Waals surface area contributed by atoms with Gasteiger partial charge in [0.25, 0.3) is 0 Å². The van der Waals surface area contributed by atoms with Gasteiger partial charge in [-0.05, 0) is 0 Å². The second kappa shape index (κ2) is 2.44. The lowest BCUT2D eigenvalue weighted by Crippen LogP contribution is -2.36. The summed E-state index contributed by atoms with van der Waals surface area (Å²) in [5, 5.41) is 0. The molecule has 0 bridgehead atoms. The largest absolute Gasteiger partial charge is 0.351 e. The number of allylic oxidation sites excluding steroid dienone is 1. The van der Waals surface area contributed by atoms with Gasteiger partial charge < -0.3 is 5.73 Å². The number of aliphatic imine (C=N–C) groups is 2. The van der Waals surface area contributed by atoms with Crippen LogP contribution in [0.2, 0.25) is 0 Å². The lowest BCUT2D eigenvalue weighted by Gasteiger charge is -2.20. The molecule has 2 heterocycles. The smallest absolute Gasteiger partial charge is 0.318 e. The van der Waals surface area contributed by atoms with Crippen LogP contribution in [0.15, 0.2) is 21.9 Å². The van der Waals surface area contributed by atoms with E-state index >= 15 is 0 Å². The first-order chi connectivity index (χ1) is 5.77. The summed E-state index contributed by atoms with van der Waals surface area (Å²) in [5.41, 5.74) is 6.79. The number of urea groups is 1. The van der Waals surface area contributed by atoms with Crippen LogP contribution in [0.1, 0.15) is 6.42 Å². The highest BCUT2D eigenvalue weighted by Gasteiger charge is 2.20. The van der Waals surface area contributed by atoms with E-state index in [4.69, 9.17) is 5.73 Å². The predicted molar refractivity (Wildman–Crippen MR) is 44.9 cm³/mol. The minimum atomic E-state index is -0.441. The minimum absolute atomic E-state index is 0.441. The van der Waals surface area contributed by atoms with Gasteiger partial charge >= 0.3 is 6.03 Å². The van der Waals surface area contributed by atoms with Gasteiger partial charge in [-0.3, -0.25) is 4.90 Å². The molecule has 0 aromatic rings. The Morgan fingerprint density at radius 2 is 2.50 bits per heavy atom. The molecule has 0 fully saturated rings. The van der Waals surface area contributed by atoms with Gasteiger partial charge in [0.1, 0.15) is 12.0 Å². The average Bonchev–Trinajstić information content (AvgIpc) is 2.49. The van der Waals surface area contributed by atoms with E-state index in [1.807, 2.05) is 0 Å². The Labute approximate surface area is 69.3 Å². The Hall–Kier alpha value is -1.65. The van der Waals surface area contributed by atoms with Crippen LogP contribution in [-0.4, -0.2) is 29.5 Å². The molecule has 0 spiro atoms. The Balaban J connectivity index is 2.27. The first-order valence-corrected chi connectivity index (χ1v) is 3.65. The number of nitrogens with zero attached hydrogens (tertiary/aromatic N) is 3. The summed E-state index contributed by atoms with van der Waals surface area (Å²) in [7, 11) is 0. The highest BCUT2D eigenvalue weighted by Crippen LogP contribution is 2.16. The van der Waals surface area contributed by atoms with E-state index < -0.39 is 6.03 Å².